The summed E-state index contributed by atoms with van der Waals surface area (Å²) in [5.74, 6) is 0. The number of fused-ring (bicyclic) bond motifs is 1. The molecule has 21 heavy (non-hydrogen) atoms. The molecule has 0 aliphatic carbocycles. The van der Waals surface area contributed by atoms with Crippen LogP contribution in [0.3, 0.4) is 0 Å². The van der Waals surface area contributed by atoms with Gasteiger partial charge in [-0.15, -0.1) is 0 Å². The molecule has 3 nitrogen and oxygen atoms in total. The Morgan fingerprint density at radius 1 is 1.24 bits per heavy atom. The minimum Gasteiger partial charge on any atom is -0.327 e. The van der Waals surface area contributed by atoms with Gasteiger partial charge in [0.1, 0.15) is 6.33 Å². The molecule has 1 unspecified atom stereocenters. The summed E-state index contributed by atoms with van der Waals surface area (Å²) in [6, 6.07) is 14.8. The number of aromatic nitrogens is 2. The molecule has 0 aliphatic heterocycles. The van der Waals surface area contributed by atoms with Crippen molar-refractivity contribution < 1.29 is 0 Å². The Kier molecular flexibility index (Phi) is 4.08. The van der Waals surface area contributed by atoms with Crippen molar-refractivity contribution in [2.24, 2.45) is 5.73 Å². The van der Waals surface area contributed by atoms with E-state index in [2.05, 4.69) is 56.7 Å². The Morgan fingerprint density at radius 3 is 2.81 bits per heavy atom. The second-order valence-electron chi connectivity index (χ2n) is 5.26. The molecule has 2 aromatic carbocycles. The molecule has 0 aliphatic rings. The molecule has 0 spiro atoms. The molecule has 4 heteroatoms. The zero-order valence-electron chi connectivity index (χ0n) is 12.0. The molecule has 0 bridgehead atoms. The number of imidazole rings is 1. The molecule has 108 valence electrons. The molecular weight excluding hydrogens is 326 g/mol. The zero-order valence-corrected chi connectivity index (χ0v) is 13.5. The predicted octanol–water partition coefficient (Wildman–Crippen LogP) is 4.07. The van der Waals surface area contributed by atoms with Gasteiger partial charge in [-0.3, -0.25) is 4.57 Å². The predicted molar refractivity (Wildman–Crippen MR) is 90.7 cm³/mol. The van der Waals surface area contributed by atoms with Crippen molar-refractivity contribution in [3.05, 3.63) is 58.8 Å². The molecule has 1 atom stereocenters. The first-order chi connectivity index (χ1) is 10.2. The lowest BCUT2D eigenvalue weighted by molar-refractivity contribution is 0.646. The number of hydrogen-bond donors (Lipinski definition) is 1. The van der Waals surface area contributed by atoms with Gasteiger partial charge in [-0.05, 0) is 58.6 Å². The third-order valence-corrected chi connectivity index (χ3v) is 4.38. The Bertz CT molecular complexity index is 764. The van der Waals surface area contributed by atoms with E-state index in [1.54, 1.807) is 0 Å². The van der Waals surface area contributed by atoms with E-state index in [-0.39, 0.29) is 6.04 Å². The van der Waals surface area contributed by atoms with Crippen molar-refractivity contribution in [1.29, 1.82) is 0 Å². The van der Waals surface area contributed by atoms with Crippen molar-refractivity contribution in [1.82, 2.24) is 9.55 Å². The molecule has 1 aromatic heterocycles. The minimum absolute atomic E-state index is 0.219. The maximum Gasteiger partial charge on any atom is 0.100 e. The summed E-state index contributed by atoms with van der Waals surface area (Å²) < 4.78 is 3.16. The van der Waals surface area contributed by atoms with Gasteiger partial charge in [0, 0.05) is 10.5 Å². The lowest BCUT2D eigenvalue weighted by Gasteiger charge is -2.12. The third-order valence-electron chi connectivity index (χ3n) is 3.75. The van der Waals surface area contributed by atoms with Crippen molar-refractivity contribution in [3.63, 3.8) is 0 Å². The molecular formula is C17H18BrN3. The van der Waals surface area contributed by atoms with Gasteiger partial charge in [0.25, 0.3) is 0 Å². The Hall–Kier alpha value is -1.65. The molecule has 2 N–H and O–H groups in total. The number of halogens is 1. The van der Waals surface area contributed by atoms with Crippen LogP contribution < -0.4 is 5.73 Å². The van der Waals surface area contributed by atoms with Crippen LogP contribution in [0.4, 0.5) is 0 Å². The van der Waals surface area contributed by atoms with Crippen LogP contribution in [0.15, 0.2) is 53.3 Å². The highest BCUT2D eigenvalue weighted by atomic mass is 79.9. The van der Waals surface area contributed by atoms with Crippen LogP contribution in [0.5, 0.6) is 0 Å². The van der Waals surface area contributed by atoms with E-state index in [0.29, 0.717) is 0 Å². The summed E-state index contributed by atoms with van der Waals surface area (Å²) >= 11 is 3.68. The topological polar surface area (TPSA) is 43.8 Å². The van der Waals surface area contributed by atoms with Gasteiger partial charge < -0.3 is 5.73 Å². The smallest absolute Gasteiger partial charge is 0.100 e. The van der Waals surface area contributed by atoms with E-state index in [9.17, 15) is 0 Å². The largest absolute Gasteiger partial charge is 0.327 e. The van der Waals surface area contributed by atoms with Crippen LogP contribution in [0.2, 0.25) is 0 Å². The summed E-state index contributed by atoms with van der Waals surface area (Å²) in [5, 5.41) is 0. The lowest BCUT2D eigenvalue weighted by atomic mass is 10.0. The number of nitrogens with zero attached hydrogens (tertiary/aromatic N) is 2. The Balaban J connectivity index is 1.99. The van der Waals surface area contributed by atoms with Crippen molar-refractivity contribution in [2.75, 3.05) is 0 Å². The van der Waals surface area contributed by atoms with Gasteiger partial charge >= 0.3 is 0 Å². The van der Waals surface area contributed by atoms with Crippen molar-refractivity contribution in [3.8, 4) is 5.69 Å². The number of nitrogens with two attached hydrogens (primary N) is 1. The van der Waals surface area contributed by atoms with Gasteiger partial charge in [-0.2, -0.15) is 0 Å². The first kappa shape index (κ1) is 14.3. The Morgan fingerprint density at radius 2 is 2.05 bits per heavy atom. The number of hydrogen-bond acceptors (Lipinski definition) is 2. The first-order valence-corrected chi connectivity index (χ1v) is 7.95. The molecule has 1 heterocycles. The lowest BCUT2D eigenvalue weighted by Crippen LogP contribution is -2.21. The monoisotopic (exact) mass is 343 g/mol. The SMILES string of the molecule is CCC(N)Cc1ccc(-n2cnc3ccccc32)c(Br)c1. The van der Waals surface area contributed by atoms with Crippen LogP contribution in [0.1, 0.15) is 18.9 Å². The maximum atomic E-state index is 6.03. The second kappa shape index (κ2) is 6.00. The molecule has 3 aromatic rings. The number of benzene rings is 2. The fourth-order valence-electron chi connectivity index (χ4n) is 2.47. The van der Waals surface area contributed by atoms with E-state index in [0.717, 1.165) is 34.0 Å². The second-order valence-corrected chi connectivity index (χ2v) is 6.12. The van der Waals surface area contributed by atoms with Crippen LogP contribution in [0.25, 0.3) is 16.7 Å². The van der Waals surface area contributed by atoms with Crippen LogP contribution >= 0.6 is 15.9 Å². The van der Waals surface area contributed by atoms with Crippen LogP contribution in [-0.2, 0) is 6.42 Å². The minimum atomic E-state index is 0.219. The van der Waals surface area contributed by atoms with Gasteiger partial charge in [0.15, 0.2) is 0 Å². The maximum absolute atomic E-state index is 6.03. The molecule has 0 amide bonds. The Labute approximate surface area is 132 Å². The summed E-state index contributed by atoms with van der Waals surface area (Å²) in [7, 11) is 0. The summed E-state index contributed by atoms with van der Waals surface area (Å²) in [5.41, 5.74) is 10.5. The van der Waals surface area contributed by atoms with Crippen LogP contribution in [0, 0.1) is 0 Å². The average molecular weight is 344 g/mol. The highest BCUT2D eigenvalue weighted by Crippen LogP contribution is 2.26. The fraction of sp³-hybridized carbons (Fsp3) is 0.235. The van der Waals surface area contributed by atoms with Crippen LogP contribution in [-0.4, -0.2) is 15.6 Å². The third kappa shape index (κ3) is 2.87. The molecule has 0 fully saturated rings. The summed E-state index contributed by atoms with van der Waals surface area (Å²) in [6.45, 7) is 2.12. The van der Waals surface area contributed by atoms with Gasteiger partial charge in [0.05, 0.1) is 16.7 Å². The highest BCUT2D eigenvalue weighted by molar-refractivity contribution is 9.10. The van der Waals surface area contributed by atoms with E-state index in [4.69, 9.17) is 5.73 Å². The number of rotatable bonds is 4. The van der Waals surface area contributed by atoms with E-state index in [1.165, 1.54) is 5.56 Å². The standard InChI is InChI=1S/C17H18BrN3/c1-2-13(19)9-12-7-8-16(14(18)10-12)21-11-20-15-5-3-4-6-17(15)21/h3-8,10-11,13H,2,9,19H2,1H3. The molecule has 0 radical (unpaired) electrons. The van der Waals surface area contributed by atoms with Crippen molar-refractivity contribution >= 4 is 27.0 Å². The number of para-hydroxylation sites is 2. The first-order valence-electron chi connectivity index (χ1n) is 7.15. The van der Waals surface area contributed by atoms with E-state index >= 15 is 0 Å². The summed E-state index contributed by atoms with van der Waals surface area (Å²) in [6.07, 6.45) is 3.76. The van der Waals surface area contributed by atoms with E-state index < -0.39 is 0 Å². The van der Waals surface area contributed by atoms with E-state index in [1.807, 2.05) is 24.5 Å². The van der Waals surface area contributed by atoms with Gasteiger partial charge in [0.2, 0.25) is 0 Å². The van der Waals surface area contributed by atoms with Crippen molar-refractivity contribution in [2.45, 2.75) is 25.8 Å². The molecule has 3 rings (SSSR count). The fourth-order valence-corrected chi connectivity index (χ4v) is 3.09. The van der Waals surface area contributed by atoms with Gasteiger partial charge in [-0.1, -0.05) is 25.1 Å². The molecule has 0 saturated carbocycles. The van der Waals surface area contributed by atoms with Gasteiger partial charge in [-0.25, -0.2) is 4.98 Å². The quantitative estimate of drug-likeness (QED) is 0.775. The highest BCUT2D eigenvalue weighted by Gasteiger charge is 2.09. The normalized spacial score (nSPS) is 12.7. The molecule has 0 saturated heterocycles. The summed E-state index contributed by atoms with van der Waals surface area (Å²) in [4.78, 5) is 4.44. The average Bonchev–Trinajstić information content (AvgIpc) is 2.91. The zero-order chi connectivity index (χ0) is 14.8.